The van der Waals surface area contributed by atoms with Crippen molar-refractivity contribution in [3.63, 3.8) is 0 Å². The monoisotopic (exact) mass is 284 g/mol. The van der Waals surface area contributed by atoms with Crippen molar-refractivity contribution in [2.45, 2.75) is 20.3 Å². The van der Waals surface area contributed by atoms with E-state index in [1.165, 1.54) is 0 Å². The van der Waals surface area contributed by atoms with Gasteiger partial charge < -0.3 is 10.0 Å². The van der Waals surface area contributed by atoms with Gasteiger partial charge in [-0.25, -0.2) is 0 Å². The maximum Gasteiger partial charge on any atom is 0.311 e. The van der Waals surface area contributed by atoms with Crippen LogP contribution < -0.4 is 4.90 Å². The Morgan fingerprint density at radius 2 is 2.10 bits per heavy atom. The molecule has 2 aromatic rings. The summed E-state index contributed by atoms with van der Waals surface area (Å²) in [6.07, 6.45) is 2.49. The van der Waals surface area contributed by atoms with Gasteiger partial charge in [-0.15, -0.1) is 0 Å². The van der Waals surface area contributed by atoms with Gasteiger partial charge in [-0.1, -0.05) is 32.0 Å². The molecular weight excluding hydrogens is 264 g/mol. The highest BCUT2D eigenvalue weighted by Crippen LogP contribution is 2.41. The van der Waals surface area contributed by atoms with E-state index < -0.39 is 11.4 Å². The van der Waals surface area contributed by atoms with E-state index in [4.69, 9.17) is 0 Å². The third-order valence-electron chi connectivity index (χ3n) is 4.80. The van der Waals surface area contributed by atoms with Crippen molar-refractivity contribution in [2.24, 2.45) is 11.3 Å². The second-order valence-electron chi connectivity index (χ2n) is 6.13. The third-order valence-corrected chi connectivity index (χ3v) is 4.80. The molecule has 1 unspecified atom stereocenters. The van der Waals surface area contributed by atoms with Gasteiger partial charge in [-0.2, -0.15) is 0 Å². The Morgan fingerprint density at radius 3 is 2.76 bits per heavy atom. The minimum atomic E-state index is -0.682. The number of carboxylic acid groups (broad SMARTS) is 1. The number of carbonyl (C=O) groups is 1. The van der Waals surface area contributed by atoms with Crippen molar-refractivity contribution >= 4 is 22.6 Å². The fourth-order valence-electron chi connectivity index (χ4n) is 3.29. The largest absolute Gasteiger partial charge is 0.481 e. The highest BCUT2D eigenvalue weighted by molar-refractivity contribution is 5.92. The average molecular weight is 284 g/mol. The minimum absolute atomic E-state index is 0.119. The first kappa shape index (κ1) is 13.9. The standard InChI is InChI=1S/C17H20N2O2/c1-12(2)17(16(20)21)8-10-19(11-17)15-7-9-18-14-6-4-3-5-13(14)15/h3-7,9,12H,8,10-11H2,1-2H3,(H,20,21). The number of benzene rings is 1. The summed E-state index contributed by atoms with van der Waals surface area (Å²) in [7, 11) is 0. The molecule has 0 amide bonds. The van der Waals surface area contributed by atoms with Gasteiger partial charge in [0.15, 0.2) is 0 Å². The van der Waals surface area contributed by atoms with Gasteiger partial charge in [0.05, 0.1) is 10.9 Å². The normalized spacial score (nSPS) is 22.1. The zero-order valence-electron chi connectivity index (χ0n) is 12.4. The Morgan fingerprint density at radius 1 is 1.33 bits per heavy atom. The molecule has 1 aromatic heterocycles. The van der Waals surface area contributed by atoms with Gasteiger partial charge in [-0.3, -0.25) is 9.78 Å². The molecule has 1 atom stereocenters. The molecule has 110 valence electrons. The number of anilines is 1. The molecule has 1 fully saturated rings. The molecule has 2 heterocycles. The number of aliphatic carboxylic acids is 1. The van der Waals surface area contributed by atoms with Crippen LogP contribution >= 0.6 is 0 Å². The number of hydrogen-bond acceptors (Lipinski definition) is 3. The quantitative estimate of drug-likeness (QED) is 0.940. The summed E-state index contributed by atoms with van der Waals surface area (Å²) in [6.45, 7) is 5.34. The molecule has 0 aliphatic carbocycles. The number of hydrogen-bond donors (Lipinski definition) is 1. The van der Waals surface area contributed by atoms with Crippen molar-refractivity contribution in [2.75, 3.05) is 18.0 Å². The molecule has 21 heavy (non-hydrogen) atoms. The SMILES string of the molecule is CC(C)C1(C(=O)O)CCN(c2ccnc3ccccc23)C1. The van der Waals surface area contributed by atoms with Gasteiger partial charge >= 0.3 is 5.97 Å². The number of para-hydroxylation sites is 1. The Kier molecular flexibility index (Phi) is 3.32. The lowest BCUT2D eigenvalue weighted by Crippen LogP contribution is -2.39. The maximum atomic E-state index is 11.8. The summed E-state index contributed by atoms with van der Waals surface area (Å²) in [5.74, 6) is -0.563. The number of rotatable bonds is 3. The lowest BCUT2D eigenvalue weighted by Gasteiger charge is -2.29. The summed E-state index contributed by atoms with van der Waals surface area (Å²) in [6, 6.07) is 9.99. The van der Waals surface area contributed by atoms with E-state index in [1.54, 1.807) is 6.20 Å². The summed E-state index contributed by atoms with van der Waals surface area (Å²) in [5, 5.41) is 10.8. The predicted molar refractivity (Wildman–Crippen MR) is 83.5 cm³/mol. The van der Waals surface area contributed by atoms with E-state index in [0.717, 1.165) is 23.1 Å². The number of fused-ring (bicyclic) bond motifs is 1. The molecule has 1 aliphatic heterocycles. The van der Waals surface area contributed by atoms with Crippen molar-refractivity contribution in [3.05, 3.63) is 36.5 Å². The second kappa shape index (κ2) is 5.02. The second-order valence-corrected chi connectivity index (χ2v) is 6.13. The molecule has 3 rings (SSSR count). The van der Waals surface area contributed by atoms with Crippen LogP contribution in [-0.4, -0.2) is 29.1 Å². The Bertz CT molecular complexity index is 678. The van der Waals surface area contributed by atoms with Crippen LogP contribution in [0.2, 0.25) is 0 Å². The molecule has 1 saturated heterocycles. The molecule has 1 N–H and O–H groups in total. The lowest BCUT2D eigenvalue weighted by molar-refractivity contribution is -0.150. The van der Waals surface area contributed by atoms with Crippen molar-refractivity contribution in [1.82, 2.24) is 4.98 Å². The fourth-order valence-corrected chi connectivity index (χ4v) is 3.29. The summed E-state index contributed by atoms with van der Waals surface area (Å²) < 4.78 is 0. The van der Waals surface area contributed by atoms with Crippen molar-refractivity contribution in [1.29, 1.82) is 0 Å². The average Bonchev–Trinajstić information content (AvgIpc) is 2.93. The minimum Gasteiger partial charge on any atom is -0.481 e. The molecule has 4 heteroatoms. The number of nitrogens with zero attached hydrogens (tertiary/aromatic N) is 2. The Balaban J connectivity index is 2.00. The molecular formula is C17H20N2O2. The highest BCUT2D eigenvalue weighted by atomic mass is 16.4. The van der Waals surface area contributed by atoms with Crippen LogP contribution in [0.1, 0.15) is 20.3 Å². The maximum absolute atomic E-state index is 11.8. The molecule has 0 spiro atoms. The Labute approximate surface area is 124 Å². The van der Waals surface area contributed by atoms with E-state index in [2.05, 4.69) is 9.88 Å². The van der Waals surface area contributed by atoms with E-state index in [1.807, 2.05) is 44.2 Å². The molecule has 0 bridgehead atoms. The van der Waals surface area contributed by atoms with Crippen LogP contribution in [0, 0.1) is 11.3 Å². The zero-order valence-corrected chi connectivity index (χ0v) is 12.4. The van der Waals surface area contributed by atoms with Crippen molar-refractivity contribution in [3.8, 4) is 0 Å². The van der Waals surface area contributed by atoms with Crippen LogP contribution in [0.15, 0.2) is 36.5 Å². The number of carboxylic acids is 1. The third kappa shape index (κ3) is 2.15. The molecule has 1 aromatic carbocycles. The fraction of sp³-hybridized carbons (Fsp3) is 0.412. The van der Waals surface area contributed by atoms with Crippen LogP contribution in [-0.2, 0) is 4.79 Å². The van der Waals surface area contributed by atoms with E-state index >= 15 is 0 Å². The van der Waals surface area contributed by atoms with Crippen LogP contribution in [0.4, 0.5) is 5.69 Å². The summed E-state index contributed by atoms with van der Waals surface area (Å²) in [5.41, 5.74) is 1.39. The van der Waals surface area contributed by atoms with Gasteiger partial charge in [0.2, 0.25) is 0 Å². The van der Waals surface area contributed by atoms with E-state index in [9.17, 15) is 9.90 Å². The molecule has 1 aliphatic rings. The van der Waals surface area contributed by atoms with Gasteiger partial charge in [0.25, 0.3) is 0 Å². The Hall–Kier alpha value is -2.10. The van der Waals surface area contributed by atoms with E-state index in [0.29, 0.717) is 13.0 Å². The molecule has 0 radical (unpaired) electrons. The predicted octanol–water partition coefficient (Wildman–Crippen LogP) is 3.17. The topological polar surface area (TPSA) is 53.4 Å². The summed E-state index contributed by atoms with van der Waals surface area (Å²) >= 11 is 0. The number of pyridine rings is 1. The zero-order chi connectivity index (χ0) is 15.0. The molecule has 4 nitrogen and oxygen atoms in total. The first-order chi connectivity index (χ1) is 10.0. The van der Waals surface area contributed by atoms with Crippen molar-refractivity contribution < 1.29 is 9.90 Å². The van der Waals surface area contributed by atoms with E-state index in [-0.39, 0.29) is 5.92 Å². The lowest BCUT2D eigenvalue weighted by atomic mass is 9.76. The number of aromatic nitrogens is 1. The van der Waals surface area contributed by atoms with Gasteiger partial charge in [-0.05, 0) is 24.5 Å². The first-order valence-corrected chi connectivity index (χ1v) is 7.37. The summed E-state index contributed by atoms with van der Waals surface area (Å²) in [4.78, 5) is 18.3. The van der Waals surface area contributed by atoms with Gasteiger partial charge in [0.1, 0.15) is 0 Å². The highest BCUT2D eigenvalue weighted by Gasteiger charge is 2.47. The van der Waals surface area contributed by atoms with Gasteiger partial charge in [0, 0.05) is 30.4 Å². The van der Waals surface area contributed by atoms with Crippen LogP contribution in [0.25, 0.3) is 10.9 Å². The smallest absolute Gasteiger partial charge is 0.311 e. The van der Waals surface area contributed by atoms with Crippen LogP contribution in [0.5, 0.6) is 0 Å². The van der Waals surface area contributed by atoms with Crippen LogP contribution in [0.3, 0.4) is 0 Å². The molecule has 0 saturated carbocycles. The first-order valence-electron chi connectivity index (χ1n) is 7.37.